The van der Waals surface area contributed by atoms with Crippen LogP contribution in [0.4, 0.5) is 5.69 Å². The Morgan fingerprint density at radius 2 is 1.81 bits per heavy atom. The molecule has 0 aliphatic carbocycles. The number of rotatable bonds is 18. The van der Waals surface area contributed by atoms with Crippen LogP contribution in [-0.2, 0) is 25.7 Å². The maximum absolute atomic E-state index is 12.7. The van der Waals surface area contributed by atoms with E-state index in [4.69, 9.17) is 4.74 Å². The summed E-state index contributed by atoms with van der Waals surface area (Å²) in [5.41, 5.74) is 3.35. The minimum Gasteiger partial charge on any atom is -0.380 e. The summed E-state index contributed by atoms with van der Waals surface area (Å²) in [4.78, 5) is 37.5. The maximum Gasteiger partial charge on any atom is 0.243 e. The van der Waals surface area contributed by atoms with Crippen molar-refractivity contribution < 1.29 is 19.1 Å². The molecule has 0 saturated heterocycles. The van der Waals surface area contributed by atoms with Gasteiger partial charge < -0.3 is 25.6 Å². The van der Waals surface area contributed by atoms with Crippen LogP contribution in [0.1, 0.15) is 45.1 Å². The van der Waals surface area contributed by atoms with Gasteiger partial charge in [0.05, 0.1) is 13.2 Å². The number of nitrogens with zero attached hydrogens (tertiary/aromatic N) is 1. The Labute approximate surface area is 215 Å². The van der Waals surface area contributed by atoms with Crippen LogP contribution in [0.25, 0.3) is 0 Å². The smallest absolute Gasteiger partial charge is 0.243 e. The van der Waals surface area contributed by atoms with Crippen molar-refractivity contribution in [2.75, 3.05) is 32.6 Å². The van der Waals surface area contributed by atoms with E-state index in [1.54, 1.807) is 13.2 Å². The van der Waals surface area contributed by atoms with Crippen LogP contribution in [0.5, 0.6) is 0 Å². The molecule has 0 heterocycles. The molecule has 1 atom stereocenters. The molecule has 8 heteroatoms. The molecule has 2 amide bonds. The number of amides is 2. The van der Waals surface area contributed by atoms with Crippen molar-refractivity contribution in [2.45, 2.75) is 52.2 Å². The average Bonchev–Trinajstić information content (AvgIpc) is 2.85. The molecule has 1 aromatic carbocycles. The van der Waals surface area contributed by atoms with Gasteiger partial charge in [-0.3, -0.25) is 14.4 Å². The van der Waals surface area contributed by atoms with Crippen molar-refractivity contribution >= 4 is 23.8 Å². The highest BCUT2D eigenvalue weighted by atomic mass is 16.5. The van der Waals surface area contributed by atoms with Gasteiger partial charge in [0.1, 0.15) is 12.3 Å². The summed E-state index contributed by atoms with van der Waals surface area (Å²) >= 11 is 0. The molecule has 1 rings (SSSR count). The number of hydrogen-bond donors (Lipinski definition) is 3. The summed E-state index contributed by atoms with van der Waals surface area (Å²) in [5.74, 6) is -0.425. The monoisotopic (exact) mass is 498 g/mol. The van der Waals surface area contributed by atoms with Crippen molar-refractivity contribution in [1.82, 2.24) is 15.5 Å². The predicted molar refractivity (Wildman–Crippen MR) is 145 cm³/mol. The molecule has 0 fully saturated rings. The molecule has 0 radical (unpaired) electrons. The van der Waals surface area contributed by atoms with E-state index < -0.39 is 6.04 Å². The molecule has 0 aromatic heterocycles. The van der Waals surface area contributed by atoms with Crippen molar-refractivity contribution in [3.05, 3.63) is 66.5 Å². The van der Waals surface area contributed by atoms with Crippen LogP contribution in [0.15, 0.2) is 61.0 Å². The highest BCUT2D eigenvalue weighted by Gasteiger charge is 2.23. The predicted octanol–water partition coefficient (Wildman–Crippen LogP) is 3.78. The van der Waals surface area contributed by atoms with Gasteiger partial charge in [0.15, 0.2) is 0 Å². The quantitative estimate of drug-likeness (QED) is 0.123. The van der Waals surface area contributed by atoms with Gasteiger partial charge in [-0.1, -0.05) is 45.6 Å². The lowest BCUT2D eigenvalue weighted by Gasteiger charge is -2.22. The van der Waals surface area contributed by atoms with Gasteiger partial charge in [-0.05, 0) is 48.6 Å². The number of benzene rings is 1. The summed E-state index contributed by atoms with van der Waals surface area (Å²) in [6.07, 6.45) is 6.67. The second-order valence-electron chi connectivity index (χ2n) is 9.08. The lowest BCUT2D eigenvalue weighted by Crippen LogP contribution is -2.50. The van der Waals surface area contributed by atoms with E-state index in [1.807, 2.05) is 50.1 Å². The largest absolute Gasteiger partial charge is 0.380 e. The van der Waals surface area contributed by atoms with Crippen LogP contribution in [0.2, 0.25) is 0 Å². The van der Waals surface area contributed by atoms with E-state index in [2.05, 4.69) is 29.1 Å². The summed E-state index contributed by atoms with van der Waals surface area (Å²) < 4.78 is 5.11. The number of anilines is 1. The number of allylic oxidation sites excluding steroid dienone is 2. The van der Waals surface area contributed by atoms with Crippen LogP contribution in [-0.4, -0.2) is 56.3 Å². The molecule has 0 aliphatic rings. The molecule has 3 N–H and O–H groups in total. The van der Waals surface area contributed by atoms with E-state index in [-0.39, 0.29) is 24.3 Å². The van der Waals surface area contributed by atoms with Crippen LogP contribution in [0.3, 0.4) is 0 Å². The number of likely N-dealkylation sites (N-methyl/N-ethyl adjacent to an activating group) is 1. The summed E-state index contributed by atoms with van der Waals surface area (Å²) in [7, 11) is 3.57. The number of ether oxygens (including phenoxy) is 1. The minimum absolute atomic E-state index is 0.0532. The minimum atomic E-state index is -0.613. The van der Waals surface area contributed by atoms with Crippen molar-refractivity contribution in [3.63, 3.8) is 0 Å². The van der Waals surface area contributed by atoms with E-state index in [9.17, 15) is 14.4 Å². The Kier molecular flexibility index (Phi) is 14.6. The molecule has 198 valence electrons. The average molecular weight is 499 g/mol. The molecule has 0 saturated carbocycles. The van der Waals surface area contributed by atoms with Crippen LogP contribution < -0.4 is 16.0 Å². The summed E-state index contributed by atoms with van der Waals surface area (Å²) in [6, 6.07) is 7.17. The number of aldehydes is 1. The third-order valence-corrected chi connectivity index (χ3v) is 5.58. The molecule has 8 nitrogen and oxygen atoms in total. The molecule has 0 spiro atoms. The first-order valence-corrected chi connectivity index (χ1v) is 12.3. The Balaban J connectivity index is 2.38. The second-order valence-corrected chi connectivity index (χ2v) is 9.08. The van der Waals surface area contributed by atoms with Gasteiger partial charge in [-0.2, -0.15) is 0 Å². The molecule has 1 unspecified atom stereocenters. The van der Waals surface area contributed by atoms with Gasteiger partial charge in [-0.15, -0.1) is 0 Å². The van der Waals surface area contributed by atoms with Crippen LogP contribution in [0, 0.1) is 5.92 Å². The van der Waals surface area contributed by atoms with E-state index >= 15 is 0 Å². The van der Waals surface area contributed by atoms with Gasteiger partial charge in [0.25, 0.3) is 0 Å². The number of unbranched alkanes of at least 4 members (excludes halogenated alkanes) is 2. The highest BCUT2D eigenvalue weighted by molar-refractivity contribution is 5.88. The molecular weight excluding hydrogens is 456 g/mol. The first kappa shape index (κ1) is 30.6. The Morgan fingerprint density at radius 1 is 1.11 bits per heavy atom. The zero-order chi connectivity index (χ0) is 26.9. The highest BCUT2D eigenvalue weighted by Crippen LogP contribution is 2.12. The first-order chi connectivity index (χ1) is 17.2. The van der Waals surface area contributed by atoms with E-state index in [0.29, 0.717) is 18.7 Å². The SMILES string of the molecule is C=C(CNC(=O)C(NC(=O)CCCCCN(C)C(=C)/C=C\C=O)C(C)C)Nc1ccc(COC)cc1. The number of nitrogens with one attached hydrogen (secondary N) is 3. The number of carbonyl (C=O) groups is 3. The van der Waals surface area contributed by atoms with Gasteiger partial charge >= 0.3 is 0 Å². The third kappa shape index (κ3) is 12.4. The fourth-order valence-electron chi connectivity index (χ4n) is 3.42. The topological polar surface area (TPSA) is 99.8 Å². The lowest BCUT2D eigenvalue weighted by molar-refractivity contribution is -0.130. The zero-order valence-corrected chi connectivity index (χ0v) is 22.1. The second kappa shape index (κ2) is 17.1. The third-order valence-electron chi connectivity index (χ3n) is 5.58. The standard InChI is InChI=1S/C28H42N4O4/c1-21(2)27(31-26(34)12-8-7-9-17-32(5)23(4)11-10-18-33)28(35)29-19-22(3)30-25-15-13-24(14-16-25)20-36-6/h10-11,13-16,18,21,27,30H,3-4,7-9,12,17,19-20H2,1-2,5-6H3,(H,29,35)(H,31,34)/b11-10-. The van der Waals surface area contributed by atoms with Crippen molar-refractivity contribution in [3.8, 4) is 0 Å². The maximum atomic E-state index is 12.7. The number of methoxy groups -OCH3 is 1. The fourth-order valence-corrected chi connectivity index (χ4v) is 3.42. The van der Waals surface area contributed by atoms with Crippen molar-refractivity contribution in [2.24, 2.45) is 5.92 Å². The Hall–Kier alpha value is -3.39. The van der Waals surface area contributed by atoms with Gasteiger partial charge in [0.2, 0.25) is 11.8 Å². The number of carbonyl (C=O) groups excluding carboxylic acids is 3. The van der Waals surface area contributed by atoms with Gasteiger partial charge in [0, 0.05) is 44.2 Å². The summed E-state index contributed by atoms with van der Waals surface area (Å²) in [6.45, 7) is 13.3. The summed E-state index contributed by atoms with van der Waals surface area (Å²) in [5, 5.41) is 8.90. The van der Waals surface area contributed by atoms with Gasteiger partial charge in [-0.25, -0.2) is 0 Å². The molecule has 1 aromatic rings. The molecule has 36 heavy (non-hydrogen) atoms. The lowest BCUT2D eigenvalue weighted by atomic mass is 10.0. The van der Waals surface area contributed by atoms with E-state index in [0.717, 1.165) is 49.0 Å². The normalized spacial score (nSPS) is 11.7. The van der Waals surface area contributed by atoms with Crippen molar-refractivity contribution in [1.29, 1.82) is 0 Å². The zero-order valence-electron chi connectivity index (χ0n) is 22.1. The van der Waals surface area contributed by atoms with E-state index in [1.165, 1.54) is 6.08 Å². The van der Waals surface area contributed by atoms with Crippen LogP contribution >= 0.6 is 0 Å². The first-order valence-electron chi connectivity index (χ1n) is 12.3. The Morgan fingerprint density at radius 3 is 2.42 bits per heavy atom. The molecule has 0 aliphatic heterocycles. The number of hydrogen-bond acceptors (Lipinski definition) is 6. The Bertz CT molecular complexity index is 893. The molecular formula is C28H42N4O4. The molecule has 0 bridgehead atoms. The fraction of sp³-hybridized carbons (Fsp3) is 0.464.